The van der Waals surface area contributed by atoms with E-state index in [0.29, 0.717) is 6.04 Å². The summed E-state index contributed by atoms with van der Waals surface area (Å²) < 4.78 is 0. The number of nitrogens with one attached hydrogen (secondary N) is 2. The third kappa shape index (κ3) is 2.78. The van der Waals surface area contributed by atoms with Crippen LogP contribution in [-0.2, 0) is 0 Å². The fraction of sp³-hybridized carbons (Fsp3) is 0.231. The largest absolute Gasteiger partial charge is 0.387 e. The van der Waals surface area contributed by atoms with Gasteiger partial charge in [0, 0.05) is 23.7 Å². The van der Waals surface area contributed by atoms with Gasteiger partial charge in [-0.1, -0.05) is 11.8 Å². The lowest BCUT2D eigenvalue weighted by Crippen LogP contribution is -2.20. The van der Waals surface area contributed by atoms with Crippen molar-refractivity contribution in [2.45, 2.75) is 13.0 Å². The van der Waals surface area contributed by atoms with Crippen LogP contribution in [0, 0.1) is 11.8 Å². The van der Waals surface area contributed by atoms with Crippen LogP contribution in [0.3, 0.4) is 0 Å². The predicted octanol–water partition coefficient (Wildman–Crippen LogP) is 1.46. The second-order valence-electron chi connectivity index (χ2n) is 3.56. The molecule has 15 heavy (non-hydrogen) atoms. The highest BCUT2D eigenvalue weighted by Gasteiger charge is 1.99. The molecule has 1 atom stereocenters. The molecule has 2 N–H and O–H groups in total. The van der Waals surface area contributed by atoms with Gasteiger partial charge in [0.15, 0.2) is 0 Å². The van der Waals surface area contributed by atoms with Gasteiger partial charge in [-0.2, -0.15) is 0 Å². The minimum atomic E-state index is 0.372. The number of hydrogen-bond donors (Lipinski definition) is 2. The van der Waals surface area contributed by atoms with Crippen LogP contribution in [0.25, 0.3) is 0 Å². The van der Waals surface area contributed by atoms with Gasteiger partial charge in [0.2, 0.25) is 0 Å². The molecule has 2 heteroatoms. The van der Waals surface area contributed by atoms with Crippen molar-refractivity contribution >= 4 is 0 Å². The molecule has 0 radical (unpaired) electrons. The molecule has 0 amide bonds. The van der Waals surface area contributed by atoms with Crippen LogP contribution in [0.2, 0.25) is 0 Å². The summed E-state index contributed by atoms with van der Waals surface area (Å²) in [6, 6.07) is 0.372. The maximum absolute atomic E-state index is 3.19. The Labute approximate surface area is 90.4 Å². The Bertz CT molecular complexity index is 414. The Hall–Kier alpha value is -1.88. The Balaban J connectivity index is 2.08. The molecule has 2 aliphatic heterocycles. The molecule has 0 fully saturated rings. The van der Waals surface area contributed by atoms with Crippen molar-refractivity contribution < 1.29 is 0 Å². The van der Waals surface area contributed by atoms with Crippen LogP contribution >= 0.6 is 0 Å². The van der Waals surface area contributed by atoms with E-state index in [9.17, 15) is 0 Å². The molecular weight excluding hydrogens is 184 g/mol. The lowest BCUT2D eigenvalue weighted by molar-refractivity contribution is 0.757. The lowest BCUT2D eigenvalue weighted by Gasteiger charge is -2.11. The summed E-state index contributed by atoms with van der Waals surface area (Å²) in [7, 11) is 0. The molecule has 2 nitrogen and oxygen atoms in total. The van der Waals surface area contributed by atoms with Crippen molar-refractivity contribution in [3.8, 4) is 11.8 Å². The standard InChI is InChI=1S/C13H14N2/c1-11-10-13(6-9-15-11)3-2-12-4-7-14-8-5-12/h4-7,9-11,14-15H,8H2,1H3/t11-/m0/s1. The van der Waals surface area contributed by atoms with Gasteiger partial charge in [0.05, 0.1) is 0 Å². The fourth-order valence-corrected chi connectivity index (χ4v) is 1.44. The summed E-state index contributed by atoms with van der Waals surface area (Å²) in [5, 5.41) is 6.28. The minimum absolute atomic E-state index is 0.372. The zero-order chi connectivity index (χ0) is 10.5. The van der Waals surface area contributed by atoms with E-state index in [1.807, 2.05) is 24.6 Å². The maximum Gasteiger partial charge on any atom is 0.0425 e. The summed E-state index contributed by atoms with van der Waals surface area (Å²) in [6.45, 7) is 2.97. The van der Waals surface area contributed by atoms with Gasteiger partial charge < -0.3 is 10.6 Å². The van der Waals surface area contributed by atoms with Crippen LogP contribution in [0.4, 0.5) is 0 Å². The molecule has 0 bridgehead atoms. The first-order valence-corrected chi connectivity index (χ1v) is 5.11. The van der Waals surface area contributed by atoms with E-state index < -0.39 is 0 Å². The molecule has 0 saturated carbocycles. The van der Waals surface area contributed by atoms with Crippen molar-refractivity contribution in [3.63, 3.8) is 0 Å². The van der Waals surface area contributed by atoms with Gasteiger partial charge in [-0.3, -0.25) is 0 Å². The van der Waals surface area contributed by atoms with Crippen LogP contribution in [0.1, 0.15) is 6.92 Å². The number of dihydropyridines is 2. The molecule has 0 unspecified atom stereocenters. The van der Waals surface area contributed by atoms with E-state index >= 15 is 0 Å². The number of hydrogen-bond acceptors (Lipinski definition) is 2. The van der Waals surface area contributed by atoms with E-state index in [2.05, 4.69) is 41.6 Å². The smallest absolute Gasteiger partial charge is 0.0425 e. The van der Waals surface area contributed by atoms with Crippen LogP contribution in [0.15, 0.2) is 47.9 Å². The molecule has 2 rings (SSSR count). The Morgan fingerprint density at radius 1 is 1.20 bits per heavy atom. The van der Waals surface area contributed by atoms with E-state index in [1.54, 1.807) is 0 Å². The second kappa shape index (κ2) is 4.56. The van der Waals surface area contributed by atoms with Crippen molar-refractivity contribution in [2.24, 2.45) is 0 Å². The number of allylic oxidation sites excluding steroid dienone is 4. The molecule has 0 spiro atoms. The van der Waals surface area contributed by atoms with Gasteiger partial charge in [0.25, 0.3) is 0 Å². The summed E-state index contributed by atoms with van der Waals surface area (Å²) in [6.07, 6.45) is 12.1. The van der Waals surface area contributed by atoms with Crippen LogP contribution in [0.5, 0.6) is 0 Å². The van der Waals surface area contributed by atoms with Crippen molar-refractivity contribution in [2.75, 3.05) is 6.54 Å². The van der Waals surface area contributed by atoms with E-state index in [4.69, 9.17) is 0 Å². The average Bonchev–Trinajstić information content (AvgIpc) is 2.28. The van der Waals surface area contributed by atoms with Gasteiger partial charge >= 0.3 is 0 Å². The quantitative estimate of drug-likeness (QED) is 0.576. The van der Waals surface area contributed by atoms with Gasteiger partial charge in [0.1, 0.15) is 0 Å². The van der Waals surface area contributed by atoms with Crippen LogP contribution < -0.4 is 10.6 Å². The molecule has 0 saturated heterocycles. The zero-order valence-corrected chi connectivity index (χ0v) is 8.75. The van der Waals surface area contributed by atoms with E-state index in [-0.39, 0.29) is 0 Å². The molecule has 0 aliphatic carbocycles. The summed E-state index contributed by atoms with van der Waals surface area (Å²) in [4.78, 5) is 0. The topological polar surface area (TPSA) is 24.1 Å². The third-order valence-electron chi connectivity index (χ3n) is 2.22. The summed E-state index contributed by atoms with van der Waals surface area (Å²) >= 11 is 0. The van der Waals surface area contributed by atoms with Gasteiger partial charge in [-0.15, -0.1) is 0 Å². The van der Waals surface area contributed by atoms with Crippen molar-refractivity contribution in [3.05, 3.63) is 47.9 Å². The molecule has 0 aromatic heterocycles. The maximum atomic E-state index is 3.19. The number of rotatable bonds is 0. The first-order chi connectivity index (χ1) is 7.34. The predicted molar refractivity (Wildman–Crippen MR) is 62.8 cm³/mol. The normalized spacial score (nSPS) is 22.9. The monoisotopic (exact) mass is 198 g/mol. The molecule has 2 aliphatic rings. The second-order valence-corrected chi connectivity index (χ2v) is 3.56. The molecule has 0 aromatic carbocycles. The average molecular weight is 198 g/mol. The first-order valence-electron chi connectivity index (χ1n) is 5.11. The highest BCUT2D eigenvalue weighted by atomic mass is 14.9. The highest BCUT2D eigenvalue weighted by Crippen LogP contribution is 2.04. The van der Waals surface area contributed by atoms with Crippen molar-refractivity contribution in [1.82, 2.24) is 10.6 Å². The fourth-order valence-electron chi connectivity index (χ4n) is 1.44. The van der Waals surface area contributed by atoms with Crippen LogP contribution in [-0.4, -0.2) is 12.6 Å². The molecule has 2 heterocycles. The Kier molecular flexibility index (Phi) is 2.94. The molecule has 76 valence electrons. The van der Waals surface area contributed by atoms with E-state index in [1.165, 1.54) is 0 Å². The first kappa shape index (κ1) is 9.67. The zero-order valence-electron chi connectivity index (χ0n) is 8.75. The minimum Gasteiger partial charge on any atom is -0.387 e. The third-order valence-corrected chi connectivity index (χ3v) is 2.22. The van der Waals surface area contributed by atoms with Gasteiger partial charge in [-0.25, -0.2) is 0 Å². The SMILES string of the molecule is C[C@H]1C=C(C#CC2=CCNC=C2)C=CN1. The molecular formula is C13H14N2. The molecule has 0 aromatic rings. The van der Waals surface area contributed by atoms with Gasteiger partial charge in [-0.05, 0) is 43.6 Å². The lowest BCUT2D eigenvalue weighted by atomic mass is 10.1. The Morgan fingerprint density at radius 3 is 2.73 bits per heavy atom. The van der Waals surface area contributed by atoms with Crippen molar-refractivity contribution in [1.29, 1.82) is 0 Å². The van der Waals surface area contributed by atoms with E-state index in [0.717, 1.165) is 17.7 Å². The summed E-state index contributed by atoms with van der Waals surface area (Å²) in [5.41, 5.74) is 2.16. The highest BCUT2D eigenvalue weighted by molar-refractivity contribution is 5.48. The summed E-state index contributed by atoms with van der Waals surface area (Å²) in [5.74, 6) is 6.31. The Morgan fingerprint density at radius 2 is 2.00 bits per heavy atom.